The van der Waals surface area contributed by atoms with E-state index in [4.69, 9.17) is 10.7 Å². The molecule has 0 unspecified atom stereocenters. The molecule has 0 spiro atoms. The summed E-state index contributed by atoms with van der Waals surface area (Å²) in [6, 6.07) is 17.5. The summed E-state index contributed by atoms with van der Waals surface area (Å²) in [6.45, 7) is 2.02. The Bertz CT molecular complexity index is 1480. The zero-order valence-electron chi connectivity index (χ0n) is 17.5. The van der Waals surface area contributed by atoms with E-state index in [2.05, 4.69) is 4.98 Å². The molecule has 3 heterocycles. The molecule has 154 valence electrons. The first-order chi connectivity index (χ1) is 14.9. The van der Waals surface area contributed by atoms with Gasteiger partial charge in [0.05, 0.1) is 22.5 Å². The first-order valence-corrected chi connectivity index (χ1v) is 10.7. The fraction of sp³-hybridized carbons (Fsp3) is 0.125. The number of nitrogen functional groups attached to an aromatic ring is 1. The second-order valence-electron chi connectivity index (χ2n) is 7.76. The highest BCUT2D eigenvalue weighted by Crippen LogP contribution is 2.38. The van der Waals surface area contributed by atoms with Gasteiger partial charge in [-0.25, -0.2) is 9.97 Å². The standard InChI is InChI=1S/C24H21N5OS/c1-14-4-10-17(11-5-14)29-13-26-21-20-19(28(2)3)12-18(15-6-8-16(25)9-7-15)27-23(20)31-22(21)24(29)30/h4-13H,25H2,1-3H3. The van der Waals surface area contributed by atoms with Crippen molar-refractivity contribution in [3.8, 4) is 16.9 Å². The molecular formula is C24H21N5OS. The zero-order chi connectivity index (χ0) is 21.7. The quantitative estimate of drug-likeness (QED) is 0.425. The lowest BCUT2D eigenvalue weighted by molar-refractivity contribution is 0.966. The predicted octanol–water partition coefficient (Wildman–Crippen LogP) is 4.62. The number of fused-ring (bicyclic) bond motifs is 3. The van der Waals surface area contributed by atoms with Crippen LogP contribution in [0.25, 0.3) is 37.4 Å². The van der Waals surface area contributed by atoms with Crippen molar-refractivity contribution in [3.05, 3.63) is 76.8 Å². The summed E-state index contributed by atoms with van der Waals surface area (Å²) in [7, 11) is 3.97. The molecule has 0 saturated carbocycles. The van der Waals surface area contributed by atoms with Crippen molar-refractivity contribution in [2.45, 2.75) is 6.92 Å². The number of benzene rings is 2. The molecule has 0 aliphatic rings. The Balaban J connectivity index is 1.78. The molecule has 2 N–H and O–H groups in total. The van der Waals surface area contributed by atoms with Gasteiger partial charge in [-0.2, -0.15) is 0 Å². The Morgan fingerprint density at radius 1 is 1.03 bits per heavy atom. The van der Waals surface area contributed by atoms with Gasteiger partial charge >= 0.3 is 0 Å². The number of aromatic nitrogens is 3. The summed E-state index contributed by atoms with van der Waals surface area (Å²) >= 11 is 1.39. The molecule has 0 fully saturated rings. The van der Waals surface area contributed by atoms with Gasteiger partial charge in [-0.3, -0.25) is 9.36 Å². The second kappa shape index (κ2) is 7.21. The van der Waals surface area contributed by atoms with Crippen molar-refractivity contribution in [1.29, 1.82) is 0 Å². The van der Waals surface area contributed by atoms with Gasteiger partial charge in [-0.05, 0) is 37.3 Å². The molecule has 0 amide bonds. The Morgan fingerprint density at radius 2 is 1.74 bits per heavy atom. The van der Waals surface area contributed by atoms with Crippen LogP contribution in [-0.4, -0.2) is 28.6 Å². The van der Waals surface area contributed by atoms with Crippen LogP contribution in [0.2, 0.25) is 0 Å². The van der Waals surface area contributed by atoms with Crippen LogP contribution in [0, 0.1) is 6.92 Å². The predicted molar refractivity (Wildman–Crippen MR) is 129 cm³/mol. The Kier molecular flexibility index (Phi) is 4.48. The van der Waals surface area contributed by atoms with Crippen LogP contribution in [0.1, 0.15) is 5.56 Å². The fourth-order valence-corrected chi connectivity index (χ4v) is 4.73. The van der Waals surface area contributed by atoms with Crippen molar-refractivity contribution >= 4 is 43.1 Å². The average Bonchev–Trinajstić information content (AvgIpc) is 3.14. The molecule has 0 saturated heterocycles. The minimum atomic E-state index is -0.0874. The van der Waals surface area contributed by atoms with E-state index in [-0.39, 0.29) is 5.56 Å². The molecular weight excluding hydrogens is 406 g/mol. The summed E-state index contributed by atoms with van der Waals surface area (Å²) < 4.78 is 2.19. The largest absolute Gasteiger partial charge is 0.399 e. The van der Waals surface area contributed by atoms with Gasteiger partial charge < -0.3 is 10.6 Å². The number of nitrogens with zero attached hydrogens (tertiary/aromatic N) is 4. The van der Waals surface area contributed by atoms with Gasteiger partial charge in [0.15, 0.2) is 0 Å². The van der Waals surface area contributed by atoms with E-state index in [1.165, 1.54) is 11.3 Å². The molecule has 0 atom stereocenters. The highest BCUT2D eigenvalue weighted by Gasteiger charge is 2.19. The van der Waals surface area contributed by atoms with E-state index < -0.39 is 0 Å². The molecule has 6 nitrogen and oxygen atoms in total. The molecule has 0 aliphatic heterocycles. The minimum absolute atomic E-state index is 0.0874. The summed E-state index contributed by atoms with van der Waals surface area (Å²) in [5.74, 6) is 0. The highest BCUT2D eigenvalue weighted by atomic mass is 32.1. The normalized spacial score (nSPS) is 11.3. The minimum Gasteiger partial charge on any atom is -0.399 e. The fourth-order valence-electron chi connectivity index (χ4n) is 3.65. The van der Waals surface area contributed by atoms with E-state index in [1.54, 1.807) is 10.9 Å². The van der Waals surface area contributed by atoms with Gasteiger partial charge in [-0.15, -0.1) is 11.3 Å². The number of hydrogen-bond donors (Lipinski definition) is 1. The first-order valence-electron chi connectivity index (χ1n) is 9.87. The summed E-state index contributed by atoms with van der Waals surface area (Å²) in [5.41, 5.74) is 11.9. The van der Waals surface area contributed by atoms with Crippen LogP contribution in [0.4, 0.5) is 11.4 Å². The van der Waals surface area contributed by atoms with Crippen LogP contribution >= 0.6 is 11.3 Å². The van der Waals surface area contributed by atoms with E-state index in [1.807, 2.05) is 80.5 Å². The number of pyridine rings is 1. The van der Waals surface area contributed by atoms with Crippen LogP contribution < -0.4 is 16.2 Å². The van der Waals surface area contributed by atoms with E-state index >= 15 is 0 Å². The lowest BCUT2D eigenvalue weighted by Gasteiger charge is -2.15. The smallest absolute Gasteiger partial charge is 0.275 e. The van der Waals surface area contributed by atoms with Crippen molar-refractivity contribution in [1.82, 2.24) is 14.5 Å². The van der Waals surface area contributed by atoms with Gasteiger partial charge in [0.25, 0.3) is 5.56 Å². The highest BCUT2D eigenvalue weighted by molar-refractivity contribution is 7.25. The summed E-state index contributed by atoms with van der Waals surface area (Å²) in [6.07, 6.45) is 1.61. The Labute approximate surface area is 183 Å². The van der Waals surface area contributed by atoms with Crippen molar-refractivity contribution in [2.24, 2.45) is 0 Å². The maximum Gasteiger partial charge on any atom is 0.275 e. The Morgan fingerprint density at radius 3 is 2.42 bits per heavy atom. The lowest BCUT2D eigenvalue weighted by atomic mass is 10.1. The third-order valence-electron chi connectivity index (χ3n) is 5.33. The number of thiophene rings is 1. The molecule has 0 bridgehead atoms. The maximum atomic E-state index is 13.3. The third kappa shape index (κ3) is 3.23. The number of anilines is 2. The lowest BCUT2D eigenvalue weighted by Crippen LogP contribution is -2.17. The molecule has 5 aromatic rings. The average molecular weight is 428 g/mol. The van der Waals surface area contributed by atoms with E-state index in [0.717, 1.165) is 38.4 Å². The van der Waals surface area contributed by atoms with Crippen molar-refractivity contribution in [3.63, 3.8) is 0 Å². The number of hydrogen-bond acceptors (Lipinski definition) is 6. The zero-order valence-corrected chi connectivity index (χ0v) is 18.3. The van der Waals surface area contributed by atoms with Gasteiger partial charge in [0.1, 0.15) is 21.4 Å². The van der Waals surface area contributed by atoms with Gasteiger partial charge in [0, 0.05) is 25.3 Å². The monoisotopic (exact) mass is 427 g/mol. The first kappa shape index (κ1) is 19.3. The summed E-state index contributed by atoms with van der Waals surface area (Å²) in [4.78, 5) is 25.7. The third-order valence-corrected chi connectivity index (χ3v) is 6.39. The summed E-state index contributed by atoms with van der Waals surface area (Å²) in [5, 5.41) is 0.900. The van der Waals surface area contributed by atoms with E-state index in [0.29, 0.717) is 15.9 Å². The van der Waals surface area contributed by atoms with Gasteiger partial charge in [-0.1, -0.05) is 29.8 Å². The second-order valence-corrected chi connectivity index (χ2v) is 8.76. The molecule has 31 heavy (non-hydrogen) atoms. The van der Waals surface area contributed by atoms with Crippen LogP contribution in [-0.2, 0) is 0 Å². The molecule has 5 rings (SSSR count). The Hall–Kier alpha value is -3.71. The maximum absolute atomic E-state index is 13.3. The van der Waals surface area contributed by atoms with Gasteiger partial charge in [0.2, 0.25) is 0 Å². The van der Waals surface area contributed by atoms with Crippen LogP contribution in [0.15, 0.2) is 65.7 Å². The van der Waals surface area contributed by atoms with Crippen LogP contribution in [0.3, 0.4) is 0 Å². The molecule has 7 heteroatoms. The number of nitrogens with two attached hydrogens (primary N) is 1. The number of aryl methyl sites for hydroxylation is 1. The molecule has 0 radical (unpaired) electrons. The topological polar surface area (TPSA) is 77.0 Å². The molecule has 3 aromatic heterocycles. The van der Waals surface area contributed by atoms with Crippen molar-refractivity contribution in [2.75, 3.05) is 24.7 Å². The molecule has 0 aliphatic carbocycles. The SMILES string of the molecule is Cc1ccc(-n2cnc3c(sc4nc(-c5ccc(N)cc5)cc(N(C)C)c43)c2=O)cc1. The van der Waals surface area contributed by atoms with Crippen molar-refractivity contribution < 1.29 is 0 Å². The van der Waals surface area contributed by atoms with Crippen LogP contribution in [0.5, 0.6) is 0 Å². The van der Waals surface area contributed by atoms with E-state index in [9.17, 15) is 4.79 Å². The molecule has 2 aromatic carbocycles. The number of rotatable bonds is 3.